The highest BCUT2D eigenvalue weighted by atomic mass is 16.6. The third kappa shape index (κ3) is 3.42. The van der Waals surface area contributed by atoms with Gasteiger partial charge in [0.1, 0.15) is 0 Å². The monoisotopic (exact) mass is 238 g/mol. The molecule has 5 nitrogen and oxygen atoms in total. The van der Waals surface area contributed by atoms with Crippen LogP contribution in [-0.2, 0) is 0 Å². The molecule has 1 aromatic carbocycles. The van der Waals surface area contributed by atoms with Crippen LogP contribution in [0.25, 0.3) is 0 Å². The SMILES string of the molecule is Cc1c(NC(C)(C)CCO)cccc1[N+](=O)[O-]. The van der Waals surface area contributed by atoms with Gasteiger partial charge in [0.15, 0.2) is 0 Å². The number of anilines is 1. The predicted octanol–water partition coefficient (Wildman–Crippen LogP) is 2.48. The minimum absolute atomic E-state index is 0.0774. The normalized spacial score (nSPS) is 11.3. The molecule has 5 heteroatoms. The van der Waals surface area contributed by atoms with Gasteiger partial charge in [0.25, 0.3) is 5.69 Å². The van der Waals surface area contributed by atoms with Crippen molar-refractivity contribution < 1.29 is 10.0 Å². The Kier molecular flexibility index (Phi) is 4.07. The Bertz CT molecular complexity index is 416. The van der Waals surface area contributed by atoms with Gasteiger partial charge in [-0.15, -0.1) is 0 Å². The summed E-state index contributed by atoms with van der Waals surface area (Å²) in [5.41, 5.74) is 1.16. The van der Waals surface area contributed by atoms with E-state index >= 15 is 0 Å². The van der Waals surface area contributed by atoms with Crippen LogP contribution in [0.2, 0.25) is 0 Å². The Labute approximate surface area is 101 Å². The Morgan fingerprint density at radius 2 is 2.12 bits per heavy atom. The van der Waals surface area contributed by atoms with Gasteiger partial charge in [-0.05, 0) is 33.3 Å². The summed E-state index contributed by atoms with van der Waals surface area (Å²) in [7, 11) is 0. The predicted molar refractivity (Wildman–Crippen MR) is 67.2 cm³/mol. The second-order valence-corrected chi connectivity index (χ2v) is 4.69. The summed E-state index contributed by atoms with van der Waals surface area (Å²) < 4.78 is 0. The molecule has 0 saturated heterocycles. The number of nitrogens with one attached hydrogen (secondary N) is 1. The summed E-state index contributed by atoms with van der Waals surface area (Å²) in [6.45, 7) is 5.69. The topological polar surface area (TPSA) is 75.4 Å². The Balaban J connectivity index is 3.00. The van der Waals surface area contributed by atoms with Crippen molar-refractivity contribution in [2.45, 2.75) is 32.7 Å². The van der Waals surface area contributed by atoms with Gasteiger partial charge in [-0.2, -0.15) is 0 Å². The second-order valence-electron chi connectivity index (χ2n) is 4.69. The molecule has 1 rings (SSSR count). The molecule has 0 heterocycles. The van der Waals surface area contributed by atoms with Gasteiger partial charge < -0.3 is 10.4 Å². The van der Waals surface area contributed by atoms with E-state index < -0.39 is 0 Å². The molecule has 0 spiro atoms. The number of hydrogen-bond donors (Lipinski definition) is 2. The molecular weight excluding hydrogens is 220 g/mol. The van der Waals surface area contributed by atoms with Crippen molar-refractivity contribution in [3.05, 3.63) is 33.9 Å². The lowest BCUT2D eigenvalue weighted by Crippen LogP contribution is -2.32. The Morgan fingerprint density at radius 3 is 2.65 bits per heavy atom. The molecule has 0 atom stereocenters. The Morgan fingerprint density at radius 1 is 1.47 bits per heavy atom. The van der Waals surface area contributed by atoms with E-state index in [-0.39, 0.29) is 22.8 Å². The molecule has 0 aromatic heterocycles. The van der Waals surface area contributed by atoms with E-state index in [0.717, 1.165) is 5.69 Å². The summed E-state index contributed by atoms with van der Waals surface area (Å²) in [6, 6.07) is 4.95. The lowest BCUT2D eigenvalue weighted by molar-refractivity contribution is -0.385. The number of aliphatic hydroxyl groups is 1. The van der Waals surface area contributed by atoms with Crippen molar-refractivity contribution in [1.82, 2.24) is 0 Å². The van der Waals surface area contributed by atoms with E-state index in [2.05, 4.69) is 5.32 Å². The summed E-state index contributed by atoms with van der Waals surface area (Å²) in [5, 5.41) is 23.0. The molecule has 2 N–H and O–H groups in total. The molecule has 94 valence electrons. The first-order valence-electron chi connectivity index (χ1n) is 5.50. The third-order valence-corrected chi connectivity index (χ3v) is 2.71. The number of nitro groups is 1. The van der Waals surface area contributed by atoms with Gasteiger partial charge in [0, 0.05) is 29.5 Å². The number of aliphatic hydroxyl groups excluding tert-OH is 1. The van der Waals surface area contributed by atoms with Crippen molar-refractivity contribution in [3.8, 4) is 0 Å². The fraction of sp³-hybridized carbons (Fsp3) is 0.500. The third-order valence-electron chi connectivity index (χ3n) is 2.71. The lowest BCUT2D eigenvalue weighted by atomic mass is 9.99. The number of nitro benzene ring substituents is 1. The summed E-state index contributed by atoms with van der Waals surface area (Å²) in [6.07, 6.45) is 0.579. The minimum Gasteiger partial charge on any atom is -0.396 e. The van der Waals surface area contributed by atoms with Crippen LogP contribution in [-0.4, -0.2) is 22.2 Å². The van der Waals surface area contributed by atoms with Crippen molar-refractivity contribution >= 4 is 11.4 Å². The van der Waals surface area contributed by atoms with Gasteiger partial charge in [0.2, 0.25) is 0 Å². The van der Waals surface area contributed by atoms with Crippen LogP contribution in [0.4, 0.5) is 11.4 Å². The molecule has 0 bridgehead atoms. The van der Waals surface area contributed by atoms with Crippen LogP contribution < -0.4 is 5.32 Å². The maximum atomic E-state index is 10.8. The zero-order valence-corrected chi connectivity index (χ0v) is 10.4. The van der Waals surface area contributed by atoms with Gasteiger partial charge in [-0.3, -0.25) is 10.1 Å². The average Bonchev–Trinajstić information content (AvgIpc) is 2.20. The molecule has 0 aliphatic carbocycles. The largest absolute Gasteiger partial charge is 0.396 e. The highest BCUT2D eigenvalue weighted by Crippen LogP contribution is 2.28. The number of nitrogens with zero attached hydrogens (tertiary/aromatic N) is 1. The fourth-order valence-corrected chi connectivity index (χ4v) is 1.66. The first-order chi connectivity index (χ1) is 7.87. The minimum atomic E-state index is -0.389. The van der Waals surface area contributed by atoms with Gasteiger partial charge in [-0.1, -0.05) is 6.07 Å². The second kappa shape index (κ2) is 5.14. The zero-order chi connectivity index (χ0) is 13.1. The molecule has 0 aliphatic heterocycles. The summed E-state index contributed by atoms with van der Waals surface area (Å²) in [5.74, 6) is 0. The van der Waals surface area contributed by atoms with Crippen LogP contribution in [0, 0.1) is 17.0 Å². The van der Waals surface area contributed by atoms with Gasteiger partial charge >= 0.3 is 0 Å². The molecule has 0 amide bonds. The molecule has 17 heavy (non-hydrogen) atoms. The van der Waals surface area contributed by atoms with Crippen molar-refractivity contribution in [2.24, 2.45) is 0 Å². The van der Waals surface area contributed by atoms with E-state index in [1.54, 1.807) is 13.0 Å². The van der Waals surface area contributed by atoms with Crippen LogP contribution in [0.1, 0.15) is 25.8 Å². The molecule has 0 fully saturated rings. The van der Waals surface area contributed by atoms with E-state index in [4.69, 9.17) is 5.11 Å². The van der Waals surface area contributed by atoms with E-state index in [1.807, 2.05) is 19.9 Å². The molecule has 1 aromatic rings. The molecule has 0 unspecified atom stereocenters. The molecular formula is C12H18N2O3. The maximum absolute atomic E-state index is 10.8. The standard InChI is InChI=1S/C12H18N2O3/c1-9-10(13-12(2,3)7-8-15)5-4-6-11(9)14(16)17/h4-6,13,15H,7-8H2,1-3H3. The molecule has 0 saturated carbocycles. The van der Waals surface area contributed by atoms with E-state index in [0.29, 0.717) is 12.0 Å². The van der Waals surface area contributed by atoms with Crippen LogP contribution in [0.15, 0.2) is 18.2 Å². The van der Waals surface area contributed by atoms with Crippen LogP contribution in [0.3, 0.4) is 0 Å². The summed E-state index contributed by atoms with van der Waals surface area (Å²) in [4.78, 5) is 10.4. The lowest BCUT2D eigenvalue weighted by Gasteiger charge is -2.27. The van der Waals surface area contributed by atoms with Crippen molar-refractivity contribution in [2.75, 3.05) is 11.9 Å². The summed E-state index contributed by atoms with van der Waals surface area (Å²) >= 11 is 0. The number of rotatable bonds is 5. The Hall–Kier alpha value is -1.62. The van der Waals surface area contributed by atoms with Crippen molar-refractivity contribution in [3.63, 3.8) is 0 Å². The zero-order valence-electron chi connectivity index (χ0n) is 10.4. The fourth-order valence-electron chi connectivity index (χ4n) is 1.66. The highest BCUT2D eigenvalue weighted by Gasteiger charge is 2.20. The smallest absolute Gasteiger partial charge is 0.274 e. The van der Waals surface area contributed by atoms with E-state index in [9.17, 15) is 10.1 Å². The van der Waals surface area contributed by atoms with Crippen molar-refractivity contribution in [1.29, 1.82) is 0 Å². The first-order valence-corrected chi connectivity index (χ1v) is 5.50. The van der Waals surface area contributed by atoms with Gasteiger partial charge in [0.05, 0.1) is 4.92 Å². The number of hydrogen-bond acceptors (Lipinski definition) is 4. The highest BCUT2D eigenvalue weighted by molar-refractivity contribution is 5.60. The quantitative estimate of drug-likeness (QED) is 0.610. The van der Waals surface area contributed by atoms with Crippen LogP contribution >= 0.6 is 0 Å². The molecule has 0 aliphatic rings. The van der Waals surface area contributed by atoms with Crippen LogP contribution in [0.5, 0.6) is 0 Å². The average molecular weight is 238 g/mol. The van der Waals surface area contributed by atoms with Gasteiger partial charge in [-0.25, -0.2) is 0 Å². The first kappa shape index (κ1) is 13.4. The molecule has 0 radical (unpaired) electrons. The van der Waals surface area contributed by atoms with E-state index in [1.165, 1.54) is 6.07 Å². The maximum Gasteiger partial charge on any atom is 0.274 e. The number of benzene rings is 1.